The maximum atomic E-state index is 13.8. The first-order valence-electron chi connectivity index (χ1n) is 6.16. The lowest BCUT2D eigenvalue weighted by atomic mass is 10.1. The van der Waals surface area contributed by atoms with Crippen LogP contribution in [0.1, 0.15) is 5.56 Å². The van der Waals surface area contributed by atoms with Crippen LogP contribution in [0, 0.1) is 5.82 Å². The van der Waals surface area contributed by atoms with Gasteiger partial charge in [0.25, 0.3) is 0 Å². The Morgan fingerprint density at radius 3 is 2.78 bits per heavy atom. The minimum atomic E-state index is -0.244. The van der Waals surface area contributed by atoms with E-state index in [1.807, 2.05) is 0 Å². The summed E-state index contributed by atoms with van der Waals surface area (Å²) in [4.78, 5) is 2.32. The molecule has 1 heterocycles. The molecule has 100 valence electrons. The summed E-state index contributed by atoms with van der Waals surface area (Å²) in [5.74, 6) is 0.221. The Kier molecular flexibility index (Phi) is 4.80. The first-order valence-corrected chi connectivity index (χ1v) is 6.54. The topological polar surface area (TPSA) is 24.5 Å². The molecule has 0 aliphatic carbocycles. The van der Waals surface area contributed by atoms with E-state index in [1.165, 1.54) is 19.2 Å². The lowest BCUT2D eigenvalue weighted by Crippen LogP contribution is -2.44. The second kappa shape index (κ2) is 6.36. The smallest absolute Gasteiger partial charge is 0.143 e. The SMILES string of the molecule is COc1c(Cl)ccc(F)c1CCN1CCNCC1. The highest BCUT2D eigenvalue weighted by Gasteiger charge is 2.15. The maximum Gasteiger partial charge on any atom is 0.143 e. The molecule has 18 heavy (non-hydrogen) atoms. The van der Waals surface area contributed by atoms with Crippen LogP contribution in [0.3, 0.4) is 0 Å². The molecule has 1 saturated heterocycles. The fourth-order valence-electron chi connectivity index (χ4n) is 2.23. The van der Waals surface area contributed by atoms with Crippen molar-refractivity contribution in [1.82, 2.24) is 10.2 Å². The largest absolute Gasteiger partial charge is 0.495 e. The van der Waals surface area contributed by atoms with Crippen molar-refractivity contribution >= 4 is 11.6 Å². The summed E-state index contributed by atoms with van der Waals surface area (Å²) in [6, 6.07) is 2.93. The highest BCUT2D eigenvalue weighted by molar-refractivity contribution is 6.32. The minimum absolute atomic E-state index is 0.244. The molecule has 0 saturated carbocycles. The summed E-state index contributed by atoms with van der Waals surface area (Å²) < 4.78 is 19.0. The Balaban J connectivity index is 2.05. The van der Waals surface area contributed by atoms with Crippen molar-refractivity contribution in [2.75, 3.05) is 39.8 Å². The number of halogens is 2. The number of hydrogen-bond acceptors (Lipinski definition) is 3. The molecule has 1 aromatic carbocycles. The molecule has 5 heteroatoms. The predicted octanol–water partition coefficient (Wildman–Crippen LogP) is 1.94. The van der Waals surface area contributed by atoms with Crippen molar-refractivity contribution in [3.63, 3.8) is 0 Å². The van der Waals surface area contributed by atoms with Crippen LogP contribution in [-0.2, 0) is 6.42 Å². The van der Waals surface area contributed by atoms with Crippen LogP contribution in [0.5, 0.6) is 5.75 Å². The molecule has 1 aliphatic rings. The van der Waals surface area contributed by atoms with Crippen molar-refractivity contribution in [1.29, 1.82) is 0 Å². The number of rotatable bonds is 4. The summed E-state index contributed by atoms with van der Waals surface area (Å²) in [6.45, 7) is 4.83. The molecule has 2 rings (SSSR count). The number of hydrogen-bond donors (Lipinski definition) is 1. The highest BCUT2D eigenvalue weighted by atomic mass is 35.5. The first-order chi connectivity index (χ1) is 8.72. The number of nitrogens with one attached hydrogen (secondary N) is 1. The van der Waals surface area contributed by atoms with Gasteiger partial charge in [0.2, 0.25) is 0 Å². The number of piperazine rings is 1. The van der Waals surface area contributed by atoms with Gasteiger partial charge in [-0.1, -0.05) is 11.6 Å². The molecular weight excluding hydrogens is 255 g/mol. The van der Waals surface area contributed by atoms with E-state index >= 15 is 0 Å². The third kappa shape index (κ3) is 3.13. The van der Waals surface area contributed by atoms with Gasteiger partial charge in [-0.05, 0) is 18.6 Å². The van der Waals surface area contributed by atoms with Crippen LogP contribution in [0.15, 0.2) is 12.1 Å². The van der Waals surface area contributed by atoms with E-state index in [0.717, 1.165) is 32.7 Å². The quantitative estimate of drug-likeness (QED) is 0.907. The summed E-state index contributed by atoms with van der Waals surface area (Å²) in [5.41, 5.74) is 0.573. The van der Waals surface area contributed by atoms with E-state index in [2.05, 4.69) is 10.2 Å². The molecule has 0 amide bonds. The normalized spacial score (nSPS) is 16.8. The monoisotopic (exact) mass is 272 g/mol. The Labute approximate surface area is 112 Å². The molecule has 0 radical (unpaired) electrons. The van der Waals surface area contributed by atoms with Crippen molar-refractivity contribution in [2.24, 2.45) is 0 Å². The zero-order valence-electron chi connectivity index (χ0n) is 10.5. The van der Waals surface area contributed by atoms with Gasteiger partial charge in [-0.3, -0.25) is 0 Å². The third-order valence-electron chi connectivity index (χ3n) is 3.25. The van der Waals surface area contributed by atoms with Gasteiger partial charge >= 0.3 is 0 Å². The van der Waals surface area contributed by atoms with Crippen LogP contribution < -0.4 is 10.1 Å². The van der Waals surface area contributed by atoms with E-state index in [-0.39, 0.29) is 5.82 Å². The van der Waals surface area contributed by atoms with Gasteiger partial charge in [-0.25, -0.2) is 4.39 Å². The summed E-state index contributed by atoms with van der Waals surface area (Å²) in [7, 11) is 1.52. The number of methoxy groups -OCH3 is 1. The zero-order valence-corrected chi connectivity index (χ0v) is 11.3. The number of benzene rings is 1. The van der Waals surface area contributed by atoms with Crippen LogP contribution >= 0.6 is 11.6 Å². The summed E-state index contributed by atoms with van der Waals surface area (Å²) in [5, 5.41) is 3.76. The Hall–Kier alpha value is -0.840. The van der Waals surface area contributed by atoms with Gasteiger partial charge in [-0.2, -0.15) is 0 Å². The van der Waals surface area contributed by atoms with Gasteiger partial charge in [0.05, 0.1) is 12.1 Å². The van der Waals surface area contributed by atoms with Gasteiger partial charge in [0.15, 0.2) is 0 Å². The molecule has 1 aliphatic heterocycles. The van der Waals surface area contributed by atoms with Crippen LogP contribution in [0.4, 0.5) is 4.39 Å². The average Bonchev–Trinajstić information content (AvgIpc) is 2.41. The van der Waals surface area contributed by atoms with E-state index in [0.29, 0.717) is 22.8 Å². The number of nitrogens with zero attached hydrogens (tertiary/aromatic N) is 1. The van der Waals surface area contributed by atoms with E-state index < -0.39 is 0 Å². The van der Waals surface area contributed by atoms with Crippen molar-refractivity contribution in [3.8, 4) is 5.75 Å². The zero-order chi connectivity index (χ0) is 13.0. The highest BCUT2D eigenvalue weighted by Crippen LogP contribution is 2.30. The van der Waals surface area contributed by atoms with E-state index in [1.54, 1.807) is 0 Å². The molecule has 0 bridgehead atoms. The Bertz CT molecular complexity index is 408. The molecule has 1 N–H and O–H groups in total. The summed E-state index contributed by atoms with van der Waals surface area (Å²) >= 11 is 6.01. The molecule has 1 aromatic rings. The minimum Gasteiger partial charge on any atom is -0.495 e. The Morgan fingerprint density at radius 1 is 1.39 bits per heavy atom. The predicted molar refractivity (Wildman–Crippen MR) is 71.0 cm³/mol. The second-order valence-corrected chi connectivity index (χ2v) is 4.79. The van der Waals surface area contributed by atoms with E-state index in [4.69, 9.17) is 16.3 Å². The third-order valence-corrected chi connectivity index (χ3v) is 3.54. The fourth-order valence-corrected chi connectivity index (χ4v) is 2.49. The molecule has 0 unspecified atom stereocenters. The Morgan fingerprint density at radius 2 is 2.11 bits per heavy atom. The van der Waals surface area contributed by atoms with Crippen molar-refractivity contribution in [2.45, 2.75) is 6.42 Å². The van der Waals surface area contributed by atoms with Gasteiger partial charge in [0.1, 0.15) is 11.6 Å². The fraction of sp³-hybridized carbons (Fsp3) is 0.538. The summed E-state index contributed by atoms with van der Waals surface area (Å²) in [6.07, 6.45) is 0.621. The van der Waals surface area contributed by atoms with Gasteiger partial charge in [-0.15, -0.1) is 0 Å². The molecule has 0 atom stereocenters. The lowest BCUT2D eigenvalue weighted by molar-refractivity contribution is 0.242. The number of ether oxygens (including phenoxy) is 1. The van der Waals surface area contributed by atoms with Crippen LogP contribution in [0.2, 0.25) is 5.02 Å². The average molecular weight is 273 g/mol. The molecule has 1 fully saturated rings. The first kappa shape index (κ1) is 13.6. The molecular formula is C13H18ClFN2O. The molecule has 0 spiro atoms. The second-order valence-electron chi connectivity index (χ2n) is 4.38. The molecule has 0 aromatic heterocycles. The van der Waals surface area contributed by atoms with Gasteiger partial charge in [0, 0.05) is 38.3 Å². The van der Waals surface area contributed by atoms with Crippen LogP contribution in [0.25, 0.3) is 0 Å². The lowest BCUT2D eigenvalue weighted by Gasteiger charge is -2.27. The maximum absolute atomic E-state index is 13.8. The van der Waals surface area contributed by atoms with Crippen molar-refractivity contribution in [3.05, 3.63) is 28.5 Å². The standard InChI is InChI=1S/C13H18ClFN2O/c1-18-13-10(12(15)3-2-11(13)14)4-7-17-8-5-16-6-9-17/h2-3,16H,4-9H2,1H3. The van der Waals surface area contributed by atoms with E-state index in [9.17, 15) is 4.39 Å². The van der Waals surface area contributed by atoms with Gasteiger partial charge < -0.3 is 15.0 Å². The molecule has 3 nitrogen and oxygen atoms in total. The van der Waals surface area contributed by atoms with Crippen molar-refractivity contribution < 1.29 is 9.13 Å². The van der Waals surface area contributed by atoms with Crippen LogP contribution in [-0.4, -0.2) is 44.7 Å².